The van der Waals surface area contributed by atoms with Gasteiger partial charge in [0.15, 0.2) is 0 Å². The molecule has 0 nitrogen and oxygen atoms in total. The normalized spacial score (nSPS) is 13.4. The minimum Gasteiger partial charge on any atom is -0.131 e. The minimum absolute atomic E-state index is 0.142. The van der Waals surface area contributed by atoms with Crippen molar-refractivity contribution in [1.82, 2.24) is 0 Å². The van der Waals surface area contributed by atoms with Crippen molar-refractivity contribution in [2.45, 2.75) is 153 Å². The van der Waals surface area contributed by atoms with Gasteiger partial charge in [0.2, 0.25) is 0 Å². The van der Waals surface area contributed by atoms with Gasteiger partial charge in [0.05, 0.1) is 0 Å². The third kappa shape index (κ3) is 14.7. The van der Waals surface area contributed by atoms with Crippen LogP contribution in [0.3, 0.4) is 0 Å². The average Bonchev–Trinajstić information content (AvgIpc) is 2.68. The van der Waals surface area contributed by atoms with Crippen LogP contribution in [0.2, 0.25) is 0 Å². The molecular weight excluding hydrogens is 448 g/mol. The van der Waals surface area contributed by atoms with Gasteiger partial charge in [-0.1, -0.05) is 80.1 Å². The van der Waals surface area contributed by atoms with Gasteiger partial charge in [0.1, 0.15) is 0 Å². The predicted octanol–water partition coefficient (Wildman–Crippen LogP) is 10.3. The smallest absolute Gasteiger partial charge is 0.0147 e. The van der Waals surface area contributed by atoms with Crippen LogP contribution in [0.15, 0.2) is 0 Å². The number of hydrogen-bond acceptors (Lipinski definition) is 0. The van der Waals surface area contributed by atoms with Crippen molar-refractivity contribution in [3.05, 3.63) is 0 Å². The molecule has 0 radical (unpaired) electrons. The largest absolute Gasteiger partial charge is 0.131 e. The fourth-order valence-electron chi connectivity index (χ4n) is 5.59. The molecule has 0 aromatic rings. The van der Waals surface area contributed by atoms with E-state index in [0.717, 1.165) is 0 Å². The monoisotopic (exact) mass is 508 g/mol. The maximum atomic E-state index is 3.31. The van der Waals surface area contributed by atoms with Crippen LogP contribution in [0.4, 0.5) is 0 Å². The summed E-state index contributed by atoms with van der Waals surface area (Å²) in [6.45, 7) is 14.2. The van der Waals surface area contributed by atoms with E-state index in [1.165, 1.54) is 115 Å². The van der Waals surface area contributed by atoms with E-state index in [4.69, 9.17) is 0 Å². The molecule has 0 aromatic carbocycles. The average molecular weight is 509 g/mol. The van der Waals surface area contributed by atoms with Crippen molar-refractivity contribution in [2.24, 2.45) is 0 Å². The molecule has 3 atom stereocenters. The Morgan fingerprint density at radius 2 is 0.581 bits per heavy atom. The molecule has 31 heavy (non-hydrogen) atoms. The molecular formula is C27H60P4. The van der Waals surface area contributed by atoms with Crippen molar-refractivity contribution in [3.8, 4) is 0 Å². The van der Waals surface area contributed by atoms with Crippen molar-refractivity contribution < 1.29 is 0 Å². The molecule has 4 heteroatoms. The first-order valence-corrected chi connectivity index (χ1v) is 17.4. The van der Waals surface area contributed by atoms with Crippen LogP contribution in [0.1, 0.15) is 138 Å². The van der Waals surface area contributed by atoms with Gasteiger partial charge in [0, 0.05) is 0 Å². The van der Waals surface area contributed by atoms with E-state index in [1.54, 1.807) is 0 Å². The predicted molar refractivity (Wildman–Crippen MR) is 162 cm³/mol. The molecule has 0 spiro atoms. The number of hydrogen-bond donors (Lipinski definition) is 0. The standard InChI is InChI=1S/C27H60P4/c1-7-13-25(28,14-8-2)19-22-31(23-20-26(29,15-9-3)16-10-4)24-21-27(30,17-11-5)18-12-6/h7-24,28-30H2,1-6H3. The molecule has 0 heterocycles. The zero-order valence-electron chi connectivity index (χ0n) is 22.4. The second-order valence-electron chi connectivity index (χ2n) is 10.7. The van der Waals surface area contributed by atoms with Gasteiger partial charge in [-0.15, -0.1) is 35.6 Å². The quantitative estimate of drug-likeness (QED) is 0.135. The molecule has 0 aliphatic carbocycles. The third-order valence-electron chi connectivity index (χ3n) is 7.27. The van der Waals surface area contributed by atoms with Crippen LogP contribution >= 0.6 is 35.6 Å². The highest BCUT2D eigenvalue weighted by atomic mass is 31.1. The molecule has 0 bridgehead atoms. The van der Waals surface area contributed by atoms with Crippen molar-refractivity contribution in [2.75, 3.05) is 18.5 Å². The lowest BCUT2D eigenvalue weighted by atomic mass is 9.94. The minimum atomic E-state index is 0.142. The zero-order valence-corrected chi connectivity index (χ0v) is 26.8. The Kier molecular flexibility index (Phi) is 19.1. The Labute approximate surface area is 207 Å². The molecule has 0 fully saturated rings. The van der Waals surface area contributed by atoms with E-state index in [2.05, 4.69) is 69.3 Å². The Bertz CT molecular complexity index is 344. The van der Waals surface area contributed by atoms with E-state index < -0.39 is 0 Å². The van der Waals surface area contributed by atoms with E-state index in [9.17, 15) is 0 Å². The third-order valence-corrected chi connectivity index (χ3v) is 12.4. The Morgan fingerprint density at radius 1 is 0.387 bits per heavy atom. The van der Waals surface area contributed by atoms with Crippen LogP contribution in [0.25, 0.3) is 0 Å². The first-order valence-electron chi connectivity index (χ1n) is 13.7. The van der Waals surface area contributed by atoms with Crippen molar-refractivity contribution in [3.63, 3.8) is 0 Å². The second kappa shape index (κ2) is 18.1. The lowest BCUT2D eigenvalue weighted by molar-refractivity contribution is 0.467. The Hall–Kier alpha value is 1.72. The molecule has 0 saturated heterocycles. The first-order chi connectivity index (χ1) is 14.6. The first kappa shape index (κ1) is 32.7. The van der Waals surface area contributed by atoms with Crippen LogP contribution in [-0.2, 0) is 0 Å². The van der Waals surface area contributed by atoms with E-state index in [1.807, 2.05) is 0 Å². The highest BCUT2D eigenvalue weighted by Gasteiger charge is 2.29. The summed E-state index contributed by atoms with van der Waals surface area (Å²) in [6, 6.07) is 0. The summed E-state index contributed by atoms with van der Waals surface area (Å²) >= 11 is 0. The summed E-state index contributed by atoms with van der Waals surface area (Å²) < 4.78 is 0. The molecule has 0 saturated carbocycles. The topological polar surface area (TPSA) is 0 Å². The van der Waals surface area contributed by atoms with Crippen LogP contribution in [-0.4, -0.2) is 34.0 Å². The molecule has 0 aliphatic heterocycles. The van der Waals surface area contributed by atoms with Gasteiger partial charge in [-0.3, -0.25) is 0 Å². The van der Waals surface area contributed by atoms with E-state index >= 15 is 0 Å². The summed E-state index contributed by atoms with van der Waals surface area (Å²) in [5.74, 6) is 0. The summed E-state index contributed by atoms with van der Waals surface area (Å²) in [4.78, 5) is 0. The highest BCUT2D eigenvalue weighted by molar-refractivity contribution is 7.57. The molecule has 0 N–H and O–H groups in total. The van der Waals surface area contributed by atoms with Gasteiger partial charge in [-0.2, -0.15) is 0 Å². The van der Waals surface area contributed by atoms with Crippen LogP contribution < -0.4 is 0 Å². The van der Waals surface area contributed by atoms with Gasteiger partial charge < -0.3 is 0 Å². The Morgan fingerprint density at radius 3 is 0.742 bits per heavy atom. The van der Waals surface area contributed by atoms with Crippen LogP contribution in [0.5, 0.6) is 0 Å². The molecule has 188 valence electrons. The SMILES string of the molecule is CCCC(P)(CCC)CCP(CCC(P)(CCC)CCC)CCC(P)(CCC)CCC. The van der Waals surface area contributed by atoms with E-state index in [-0.39, 0.29) is 7.92 Å². The molecule has 3 unspecified atom stereocenters. The maximum Gasteiger partial charge on any atom is -0.0147 e. The fraction of sp³-hybridized carbons (Fsp3) is 1.00. The Balaban J connectivity index is 5.25. The lowest BCUT2D eigenvalue weighted by Crippen LogP contribution is -2.25. The maximum absolute atomic E-state index is 3.31. The molecule has 0 aliphatic rings. The highest BCUT2D eigenvalue weighted by Crippen LogP contribution is 2.48. The summed E-state index contributed by atoms with van der Waals surface area (Å²) in [7, 11) is 10.1. The summed E-state index contributed by atoms with van der Waals surface area (Å²) in [6.07, 6.45) is 25.0. The summed E-state index contributed by atoms with van der Waals surface area (Å²) in [5.41, 5.74) is 0. The van der Waals surface area contributed by atoms with Crippen molar-refractivity contribution in [1.29, 1.82) is 0 Å². The number of rotatable bonds is 21. The summed E-state index contributed by atoms with van der Waals surface area (Å²) in [5, 5.41) is 1.50. The van der Waals surface area contributed by atoms with Gasteiger partial charge >= 0.3 is 0 Å². The van der Waals surface area contributed by atoms with Gasteiger partial charge in [0.25, 0.3) is 0 Å². The molecule has 0 rings (SSSR count). The second-order valence-corrected chi connectivity index (χ2v) is 17.0. The van der Waals surface area contributed by atoms with Crippen LogP contribution in [0, 0.1) is 0 Å². The van der Waals surface area contributed by atoms with Gasteiger partial charge in [-0.25, -0.2) is 0 Å². The van der Waals surface area contributed by atoms with Gasteiger partial charge in [-0.05, 0) is 91.7 Å². The van der Waals surface area contributed by atoms with Crippen molar-refractivity contribution >= 4 is 35.6 Å². The van der Waals surface area contributed by atoms with E-state index in [0.29, 0.717) is 15.5 Å². The molecule has 0 aromatic heterocycles. The lowest BCUT2D eigenvalue weighted by Gasteiger charge is -2.35. The zero-order chi connectivity index (χ0) is 23.8. The molecule has 0 amide bonds. The fourth-order valence-corrected chi connectivity index (χ4v) is 11.4.